The van der Waals surface area contributed by atoms with Crippen LogP contribution in [-0.2, 0) is 12.8 Å². The lowest BCUT2D eigenvalue weighted by molar-refractivity contribution is 0.200. The van der Waals surface area contributed by atoms with Gasteiger partial charge >= 0.3 is 5.69 Å². The number of rotatable bonds is 6. The van der Waals surface area contributed by atoms with E-state index >= 15 is 0 Å². The zero-order chi connectivity index (χ0) is 15.4. The molecule has 5 heteroatoms. The summed E-state index contributed by atoms with van der Waals surface area (Å²) in [6.45, 7) is 0. The number of hydrogen-bond donors (Lipinski definition) is 2. The molecule has 0 saturated heterocycles. The van der Waals surface area contributed by atoms with E-state index in [1.807, 2.05) is 12.1 Å². The van der Waals surface area contributed by atoms with Crippen molar-refractivity contribution in [3.05, 3.63) is 46.1 Å². The minimum atomic E-state index is -0.157. The molecule has 0 unspecified atom stereocenters. The number of ether oxygens (including phenoxy) is 2. The molecule has 2 N–H and O–H groups in total. The molecular formula is C17H22N2O3. The van der Waals surface area contributed by atoms with Crippen LogP contribution in [0.1, 0.15) is 36.9 Å². The van der Waals surface area contributed by atoms with Crippen molar-refractivity contribution in [2.75, 3.05) is 7.11 Å². The van der Waals surface area contributed by atoms with E-state index < -0.39 is 0 Å². The van der Waals surface area contributed by atoms with Gasteiger partial charge in [-0.2, -0.15) is 0 Å². The van der Waals surface area contributed by atoms with Crippen LogP contribution in [-0.4, -0.2) is 23.2 Å². The zero-order valence-electron chi connectivity index (χ0n) is 12.9. The first-order valence-electron chi connectivity index (χ1n) is 7.85. The van der Waals surface area contributed by atoms with Crippen LogP contribution in [0.15, 0.2) is 29.2 Å². The Kier molecular flexibility index (Phi) is 4.51. The second kappa shape index (κ2) is 6.73. The standard InChI is InChI=1S/C17H22N2O3/c1-21-15-9-7-12(6-8-13-11-18-17(20)19-13)10-16(15)22-14-4-2-3-5-14/h7,9-11,14H,2-6,8H2,1H3,(H2,18,19,20). The topological polar surface area (TPSA) is 67.1 Å². The zero-order valence-corrected chi connectivity index (χ0v) is 12.9. The summed E-state index contributed by atoms with van der Waals surface area (Å²) in [6, 6.07) is 6.06. The van der Waals surface area contributed by atoms with E-state index in [2.05, 4.69) is 16.0 Å². The van der Waals surface area contributed by atoms with E-state index in [4.69, 9.17) is 9.47 Å². The van der Waals surface area contributed by atoms with E-state index in [0.717, 1.165) is 42.9 Å². The molecular weight excluding hydrogens is 280 g/mol. The fraction of sp³-hybridized carbons (Fsp3) is 0.471. The Bertz CT molecular complexity index is 669. The lowest BCUT2D eigenvalue weighted by atomic mass is 10.1. The molecule has 0 aliphatic heterocycles. The van der Waals surface area contributed by atoms with Crippen molar-refractivity contribution in [2.24, 2.45) is 0 Å². The highest BCUT2D eigenvalue weighted by atomic mass is 16.5. The SMILES string of the molecule is COc1ccc(CCc2c[nH]c(=O)[nH]2)cc1OC1CCCC1. The van der Waals surface area contributed by atoms with Crippen LogP contribution >= 0.6 is 0 Å². The summed E-state index contributed by atoms with van der Waals surface area (Å²) in [5.74, 6) is 1.61. The highest BCUT2D eigenvalue weighted by molar-refractivity contribution is 5.43. The number of H-pyrrole nitrogens is 2. The lowest BCUT2D eigenvalue weighted by Gasteiger charge is -2.16. The van der Waals surface area contributed by atoms with Crippen molar-refractivity contribution in [3.8, 4) is 11.5 Å². The Morgan fingerprint density at radius 2 is 2.00 bits per heavy atom. The van der Waals surface area contributed by atoms with Crippen molar-refractivity contribution >= 4 is 0 Å². The third-order valence-corrected chi connectivity index (χ3v) is 4.16. The summed E-state index contributed by atoms with van der Waals surface area (Å²) < 4.78 is 11.5. The maximum absolute atomic E-state index is 11.1. The summed E-state index contributed by atoms with van der Waals surface area (Å²) in [7, 11) is 1.67. The molecule has 0 spiro atoms. The molecule has 1 fully saturated rings. The average Bonchev–Trinajstić information content (AvgIpc) is 3.17. The van der Waals surface area contributed by atoms with E-state index in [0.29, 0.717) is 6.10 Å². The van der Waals surface area contributed by atoms with E-state index in [1.165, 1.54) is 18.4 Å². The number of aromatic amines is 2. The van der Waals surface area contributed by atoms with Crippen molar-refractivity contribution in [3.63, 3.8) is 0 Å². The molecule has 1 saturated carbocycles. The average molecular weight is 302 g/mol. The molecule has 0 radical (unpaired) electrons. The molecule has 118 valence electrons. The van der Waals surface area contributed by atoms with Gasteiger partial charge in [0.1, 0.15) is 0 Å². The van der Waals surface area contributed by atoms with Crippen LogP contribution < -0.4 is 15.2 Å². The van der Waals surface area contributed by atoms with E-state index in [9.17, 15) is 4.79 Å². The van der Waals surface area contributed by atoms with E-state index in [-0.39, 0.29) is 5.69 Å². The van der Waals surface area contributed by atoms with Gasteiger partial charge in [0.2, 0.25) is 0 Å². The van der Waals surface area contributed by atoms with Gasteiger partial charge in [-0.05, 0) is 56.2 Å². The maximum Gasteiger partial charge on any atom is 0.323 e. The Balaban J connectivity index is 1.69. The fourth-order valence-corrected chi connectivity index (χ4v) is 2.94. The molecule has 5 nitrogen and oxygen atoms in total. The van der Waals surface area contributed by atoms with Crippen LogP contribution in [0, 0.1) is 0 Å². The number of aryl methyl sites for hydroxylation is 2. The van der Waals surface area contributed by atoms with Crippen LogP contribution in [0.4, 0.5) is 0 Å². The van der Waals surface area contributed by atoms with Gasteiger partial charge in [-0.15, -0.1) is 0 Å². The highest BCUT2D eigenvalue weighted by Crippen LogP contribution is 2.32. The molecule has 0 atom stereocenters. The Morgan fingerprint density at radius 1 is 1.18 bits per heavy atom. The normalized spacial score (nSPS) is 15.1. The van der Waals surface area contributed by atoms with Gasteiger partial charge in [0.15, 0.2) is 11.5 Å². The third kappa shape index (κ3) is 3.53. The summed E-state index contributed by atoms with van der Waals surface area (Å²) in [6.07, 6.45) is 8.40. The first-order chi connectivity index (χ1) is 10.7. The van der Waals surface area contributed by atoms with Gasteiger partial charge in [-0.3, -0.25) is 0 Å². The molecule has 2 aromatic rings. The van der Waals surface area contributed by atoms with Crippen molar-refractivity contribution < 1.29 is 9.47 Å². The maximum atomic E-state index is 11.1. The predicted molar refractivity (Wildman–Crippen MR) is 84.7 cm³/mol. The van der Waals surface area contributed by atoms with Gasteiger partial charge in [0, 0.05) is 11.9 Å². The molecule has 1 aromatic heterocycles. The minimum Gasteiger partial charge on any atom is -0.493 e. The number of methoxy groups -OCH3 is 1. The second-order valence-electron chi connectivity index (χ2n) is 5.78. The smallest absolute Gasteiger partial charge is 0.323 e. The van der Waals surface area contributed by atoms with Crippen LogP contribution in [0.3, 0.4) is 0 Å². The van der Waals surface area contributed by atoms with Crippen LogP contribution in [0.5, 0.6) is 11.5 Å². The van der Waals surface area contributed by atoms with Gasteiger partial charge in [0.25, 0.3) is 0 Å². The van der Waals surface area contributed by atoms with Gasteiger partial charge < -0.3 is 19.4 Å². The largest absolute Gasteiger partial charge is 0.493 e. The van der Waals surface area contributed by atoms with Crippen molar-refractivity contribution in [1.29, 1.82) is 0 Å². The first kappa shape index (κ1) is 14.8. The Labute approximate surface area is 129 Å². The molecule has 1 aliphatic carbocycles. The second-order valence-corrected chi connectivity index (χ2v) is 5.78. The molecule has 1 heterocycles. The molecule has 0 bridgehead atoms. The van der Waals surface area contributed by atoms with Crippen LogP contribution in [0.25, 0.3) is 0 Å². The number of imidazole rings is 1. The monoisotopic (exact) mass is 302 g/mol. The fourth-order valence-electron chi connectivity index (χ4n) is 2.94. The van der Waals surface area contributed by atoms with Crippen LogP contribution in [0.2, 0.25) is 0 Å². The molecule has 22 heavy (non-hydrogen) atoms. The molecule has 0 amide bonds. The van der Waals surface area contributed by atoms with Gasteiger partial charge in [-0.25, -0.2) is 4.79 Å². The number of benzene rings is 1. The minimum absolute atomic E-state index is 0.157. The van der Waals surface area contributed by atoms with Gasteiger partial charge in [-0.1, -0.05) is 6.07 Å². The summed E-state index contributed by atoms with van der Waals surface area (Å²) in [5.41, 5.74) is 1.94. The summed E-state index contributed by atoms with van der Waals surface area (Å²) >= 11 is 0. The molecule has 3 rings (SSSR count). The predicted octanol–water partition coefficient (Wildman–Crippen LogP) is 2.82. The van der Waals surface area contributed by atoms with E-state index in [1.54, 1.807) is 13.3 Å². The quantitative estimate of drug-likeness (QED) is 0.862. The Hall–Kier alpha value is -2.17. The van der Waals surface area contributed by atoms with Crippen molar-refractivity contribution in [1.82, 2.24) is 9.97 Å². The molecule has 1 aromatic carbocycles. The lowest BCUT2D eigenvalue weighted by Crippen LogP contribution is -2.11. The highest BCUT2D eigenvalue weighted by Gasteiger charge is 2.18. The molecule has 1 aliphatic rings. The third-order valence-electron chi connectivity index (χ3n) is 4.16. The summed E-state index contributed by atoms with van der Waals surface area (Å²) in [4.78, 5) is 16.5. The number of aromatic nitrogens is 2. The number of hydrogen-bond acceptors (Lipinski definition) is 3. The van der Waals surface area contributed by atoms with Crippen molar-refractivity contribution in [2.45, 2.75) is 44.6 Å². The first-order valence-corrected chi connectivity index (χ1v) is 7.85. The summed E-state index contributed by atoms with van der Waals surface area (Å²) in [5, 5.41) is 0. The Morgan fingerprint density at radius 3 is 2.68 bits per heavy atom. The van der Waals surface area contributed by atoms with Gasteiger partial charge in [0.05, 0.1) is 13.2 Å². The number of nitrogens with one attached hydrogen (secondary N) is 2.